The minimum absolute atomic E-state index is 0.127. The van der Waals surface area contributed by atoms with Crippen LogP contribution >= 0.6 is 0 Å². The van der Waals surface area contributed by atoms with Gasteiger partial charge in [0, 0.05) is 19.4 Å². The predicted octanol–water partition coefficient (Wildman–Crippen LogP) is 2.89. The van der Waals surface area contributed by atoms with Crippen LogP contribution in [0.2, 0.25) is 0 Å². The van der Waals surface area contributed by atoms with E-state index < -0.39 is 0 Å². The van der Waals surface area contributed by atoms with Crippen molar-refractivity contribution in [1.82, 2.24) is 5.32 Å². The highest BCUT2D eigenvalue weighted by atomic mass is 16.5. The van der Waals surface area contributed by atoms with Gasteiger partial charge in [0.2, 0.25) is 11.8 Å². The third-order valence-electron chi connectivity index (χ3n) is 4.09. The molecule has 0 bridgehead atoms. The molecule has 0 radical (unpaired) electrons. The number of hydrogen-bond donors (Lipinski definition) is 2. The fourth-order valence-corrected chi connectivity index (χ4v) is 2.96. The number of amides is 2. The highest BCUT2D eigenvalue weighted by Crippen LogP contribution is 2.26. The van der Waals surface area contributed by atoms with Crippen LogP contribution in [0.15, 0.2) is 18.2 Å². The van der Waals surface area contributed by atoms with E-state index in [0.29, 0.717) is 24.6 Å². The Morgan fingerprint density at radius 3 is 2.65 bits per heavy atom. The number of ether oxygens (including phenoxy) is 1. The SMILES string of the molecule is CCOc1ccc(CCNC(=O)C2CCCC2)cc1NC(C)=O. The molecule has 2 amide bonds. The number of nitrogens with one attached hydrogen (secondary N) is 2. The molecule has 5 nitrogen and oxygen atoms in total. The number of anilines is 1. The number of carbonyl (C=O) groups is 2. The van der Waals surface area contributed by atoms with Gasteiger partial charge in [-0.25, -0.2) is 0 Å². The second-order valence-electron chi connectivity index (χ2n) is 5.97. The van der Waals surface area contributed by atoms with Gasteiger partial charge in [-0.15, -0.1) is 0 Å². The average molecular weight is 318 g/mol. The van der Waals surface area contributed by atoms with Crippen molar-refractivity contribution in [1.29, 1.82) is 0 Å². The number of hydrogen-bond acceptors (Lipinski definition) is 3. The van der Waals surface area contributed by atoms with Gasteiger partial charge in [0.05, 0.1) is 12.3 Å². The van der Waals surface area contributed by atoms with Gasteiger partial charge in [-0.05, 0) is 43.9 Å². The zero-order valence-electron chi connectivity index (χ0n) is 14.0. The lowest BCUT2D eigenvalue weighted by molar-refractivity contribution is -0.124. The standard InChI is InChI=1S/C18H26N2O3/c1-3-23-17-9-8-14(12-16(17)20-13(2)21)10-11-19-18(22)15-6-4-5-7-15/h8-9,12,15H,3-7,10-11H2,1-2H3,(H,19,22)(H,20,21). The summed E-state index contributed by atoms with van der Waals surface area (Å²) in [5.74, 6) is 0.917. The van der Waals surface area contributed by atoms with Crippen molar-refractivity contribution < 1.29 is 14.3 Å². The first-order valence-corrected chi connectivity index (χ1v) is 8.41. The zero-order valence-corrected chi connectivity index (χ0v) is 14.0. The molecule has 5 heteroatoms. The van der Waals surface area contributed by atoms with E-state index in [4.69, 9.17) is 4.74 Å². The summed E-state index contributed by atoms with van der Waals surface area (Å²) in [4.78, 5) is 23.3. The molecular weight excluding hydrogens is 292 g/mol. The van der Waals surface area contributed by atoms with Crippen molar-refractivity contribution in [3.8, 4) is 5.75 Å². The van der Waals surface area contributed by atoms with Crippen LogP contribution in [0.3, 0.4) is 0 Å². The quantitative estimate of drug-likeness (QED) is 0.812. The maximum Gasteiger partial charge on any atom is 0.223 e. The molecule has 0 saturated heterocycles. The summed E-state index contributed by atoms with van der Waals surface area (Å²) in [7, 11) is 0. The van der Waals surface area contributed by atoms with Crippen molar-refractivity contribution in [2.75, 3.05) is 18.5 Å². The molecule has 0 aliphatic heterocycles. The summed E-state index contributed by atoms with van der Waals surface area (Å²) < 4.78 is 5.52. The van der Waals surface area contributed by atoms with E-state index in [1.807, 2.05) is 25.1 Å². The Bertz CT molecular complexity index is 551. The summed E-state index contributed by atoms with van der Waals surface area (Å²) in [5.41, 5.74) is 1.74. The van der Waals surface area contributed by atoms with Crippen LogP contribution in [0.4, 0.5) is 5.69 Å². The summed E-state index contributed by atoms with van der Waals surface area (Å²) in [6.45, 7) is 4.54. The largest absolute Gasteiger partial charge is 0.492 e. The van der Waals surface area contributed by atoms with E-state index in [1.54, 1.807) is 0 Å². The van der Waals surface area contributed by atoms with Crippen molar-refractivity contribution >= 4 is 17.5 Å². The molecule has 1 aliphatic carbocycles. The number of rotatable bonds is 7. The van der Waals surface area contributed by atoms with Gasteiger partial charge in [0.15, 0.2) is 0 Å². The minimum Gasteiger partial charge on any atom is -0.492 e. The minimum atomic E-state index is -0.127. The highest BCUT2D eigenvalue weighted by Gasteiger charge is 2.21. The van der Waals surface area contributed by atoms with Gasteiger partial charge in [-0.3, -0.25) is 9.59 Å². The Morgan fingerprint density at radius 2 is 2.00 bits per heavy atom. The molecular formula is C18H26N2O3. The first kappa shape index (κ1) is 17.3. The molecule has 0 unspecified atom stereocenters. The summed E-state index contributed by atoms with van der Waals surface area (Å²) in [6.07, 6.45) is 5.09. The van der Waals surface area contributed by atoms with Crippen LogP contribution in [0.25, 0.3) is 0 Å². The highest BCUT2D eigenvalue weighted by molar-refractivity contribution is 5.90. The Labute approximate surface area is 137 Å². The molecule has 1 saturated carbocycles. The lowest BCUT2D eigenvalue weighted by Crippen LogP contribution is -2.30. The second-order valence-corrected chi connectivity index (χ2v) is 5.97. The van der Waals surface area contributed by atoms with E-state index in [0.717, 1.165) is 37.7 Å². The Morgan fingerprint density at radius 1 is 1.26 bits per heavy atom. The van der Waals surface area contributed by atoms with Crippen LogP contribution in [-0.2, 0) is 16.0 Å². The number of carbonyl (C=O) groups excluding carboxylic acids is 2. The topological polar surface area (TPSA) is 67.4 Å². The van der Waals surface area contributed by atoms with Gasteiger partial charge in [0.1, 0.15) is 5.75 Å². The molecule has 1 aromatic carbocycles. The molecule has 1 aromatic rings. The predicted molar refractivity (Wildman–Crippen MR) is 90.6 cm³/mol. The Hall–Kier alpha value is -2.04. The third-order valence-corrected chi connectivity index (χ3v) is 4.09. The summed E-state index contributed by atoms with van der Waals surface area (Å²) in [5, 5.41) is 5.81. The Balaban J connectivity index is 1.91. The second kappa shape index (κ2) is 8.56. The van der Waals surface area contributed by atoms with E-state index in [1.165, 1.54) is 6.92 Å². The van der Waals surface area contributed by atoms with Crippen LogP contribution in [0, 0.1) is 5.92 Å². The van der Waals surface area contributed by atoms with Crippen LogP contribution in [0.1, 0.15) is 45.1 Å². The van der Waals surface area contributed by atoms with Crippen LogP contribution < -0.4 is 15.4 Å². The lowest BCUT2D eigenvalue weighted by atomic mass is 10.1. The van der Waals surface area contributed by atoms with Gasteiger partial charge in [-0.1, -0.05) is 18.9 Å². The zero-order chi connectivity index (χ0) is 16.7. The maximum absolute atomic E-state index is 12.0. The van der Waals surface area contributed by atoms with Gasteiger partial charge >= 0.3 is 0 Å². The Kier molecular flexibility index (Phi) is 6.44. The van der Waals surface area contributed by atoms with Gasteiger partial charge in [0.25, 0.3) is 0 Å². The maximum atomic E-state index is 12.0. The lowest BCUT2D eigenvalue weighted by Gasteiger charge is -2.13. The van der Waals surface area contributed by atoms with Crippen molar-refractivity contribution in [3.63, 3.8) is 0 Å². The molecule has 2 rings (SSSR count). The smallest absolute Gasteiger partial charge is 0.223 e. The van der Waals surface area contributed by atoms with Gasteiger partial charge < -0.3 is 15.4 Å². The molecule has 1 aliphatic rings. The third kappa shape index (κ3) is 5.27. The summed E-state index contributed by atoms with van der Waals surface area (Å²) >= 11 is 0. The van der Waals surface area contributed by atoms with E-state index >= 15 is 0 Å². The van der Waals surface area contributed by atoms with E-state index in [-0.39, 0.29) is 17.7 Å². The first-order valence-electron chi connectivity index (χ1n) is 8.41. The van der Waals surface area contributed by atoms with Crippen molar-refractivity contribution in [2.45, 2.75) is 46.0 Å². The molecule has 0 heterocycles. The number of benzene rings is 1. The first-order chi connectivity index (χ1) is 11.1. The van der Waals surface area contributed by atoms with Crippen LogP contribution in [-0.4, -0.2) is 25.0 Å². The molecule has 0 atom stereocenters. The monoisotopic (exact) mass is 318 g/mol. The van der Waals surface area contributed by atoms with Crippen molar-refractivity contribution in [3.05, 3.63) is 23.8 Å². The molecule has 126 valence electrons. The van der Waals surface area contributed by atoms with E-state index in [2.05, 4.69) is 10.6 Å². The fraction of sp³-hybridized carbons (Fsp3) is 0.556. The molecule has 0 aromatic heterocycles. The molecule has 1 fully saturated rings. The molecule has 0 spiro atoms. The van der Waals surface area contributed by atoms with Crippen LogP contribution in [0.5, 0.6) is 5.75 Å². The summed E-state index contributed by atoms with van der Waals surface area (Å²) in [6, 6.07) is 5.75. The van der Waals surface area contributed by atoms with Gasteiger partial charge in [-0.2, -0.15) is 0 Å². The average Bonchev–Trinajstić information content (AvgIpc) is 3.03. The fourth-order valence-electron chi connectivity index (χ4n) is 2.96. The molecule has 2 N–H and O–H groups in total. The molecule has 23 heavy (non-hydrogen) atoms. The van der Waals surface area contributed by atoms with E-state index in [9.17, 15) is 9.59 Å². The normalized spacial score (nSPS) is 14.5. The van der Waals surface area contributed by atoms with Crippen molar-refractivity contribution in [2.24, 2.45) is 5.92 Å².